The van der Waals surface area contributed by atoms with E-state index in [0.717, 1.165) is 0 Å². The van der Waals surface area contributed by atoms with E-state index in [4.69, 9.17) is 68.8 Å². The van der Waals surface area contributed by atoms with Crippen LogP contribution in [-0.4, -0.2) is 165 Å². The molecule has 418 valence electrons. The van der Waals surface area contributed by atoms with Crippen LogP contribution in [0.1, 0.15) is 90.9 Å². The van der Waals surface area contributed by atoms with Crippen LogP contribution in [0.15, 0.2) is 30.0 Å². The number of carbonyl (C=O) groups is 8. The molecule has 33 nitrogen and oxygen atoms in total. The lowest BCUT2D eigenvalue weighted by atomic mass is 10.0. The smallest absolute Gasteiger partial charge is 0.243 e. The zero-order valence-corrected chi connectivity index (χ0v) is 42.3. The molecule has 0 aliphatic heterocycles. The molecule has 0 bridgehead atoms. The summed E-state index contributed by atoms with van der Waals surface area (Å²) in [4.78, 5) is 131. The predicted molar refractivity (Wildman–Crippen MR) is 280 cm³/mol. The van der Waals surface area contributed by atoms with E-state index >= 15 is 0 Å². The van der Waals surface area contributed by atoms with Gasteiger partial charge in [0.1, 0.15) is 42.0 Å². The van der Waals surface area contributed by atoms with Gasteiger partial charge < -0.3 is 106 Å². The van der Waals surface area contributed by atoms with Crippen molar-refractivity contribution in [2.24, 2.45) is 98.8 Å². The fourth-order valence-electron chi connectivity index (χ4n) is 6.58. The number of Topliss-reactive ketones (excluding diaryl/α,β-unsaturated/α-hetero) is 1. The molecule has 6 atom stereocenters. The molecule has 0 heterocycles. The molecule has 33 heteroatoms. The average Bonchev–Trinajstić information content (AvgIpc) is 3.30. The second-order valence-corrected chi connectivity index (χ2v) is 16.7. The third-order valence-electron chi connectivity index (χ3n) is 10.0. The maximum absolute atomic E-state index is 14.4. The monoisotopic (exact) mass is 1050 g/mol. The summed E-state index contributed by atoms with van der Waals surface area (Å²) in [7, 11) is 0. The van der Waals surface area contributed by atoms with Gasteiger partial charge in [0, 0.05) is 46.2 Å². The number of amides is 7. The molecule has 31 N–H and O–H groups in total. The molecule has 0 aliphatic carbocycles. The summed E-state index contributed by atoms with van der Waals surface area (Å²) in [6, 6.07) is -7.91. The number of nitrogens with zero attached hydrogens (tertiary/aromatic N) is 6. The van der Waals surface area contributed by atoms with Crippen molar-refractivity contribution in [2.75, 3.05) is 45.8 Å². The molecular formula is C41H81N25O8. The summed E-state index contributed by atoms with van der Waals surface area (Å²) in [5.41, 5.74) is 65.7. The number of guanidine groups is 6. The van der Waals surface area contributed by atoms with E-state index in [1.807, 2.05) is 0 Å². The number of hydrogen-bond acceptors (Lipinski definition) is 14. The molecule has 0 aromatic carbocycles. The van der Waals surface area contributed by atoms with Crippen LogP contribution >= 0.6 is 0 Å². The maximum atomic E-state index is 14.4. The van der Waals surface area contributed by atoms with Gasteiger partial charge in [-0.15, -0.1) is 0 Å². The number of hydrogen-bond donors (Lipinski definition) is 19. The van der Waals surface area contributed by atoms with Gasteiger partial charge in [0.25, 0.3) is 0 Å². The van der Waals surface area contributed by atoms with E-state index in [1.54, 1.807) is 0 Å². The molecule has 0 radical (unpaired) electrons. The Morgan fingerprint density at radius 3 is 0.676 bits per heavy atom. The Hall–Kier alpha value is -8.42. The molecule has 0 fully saturated rings. The Labute approximate surface area is 429 Å². The highest BCUT2D eigenvalue weighted by atomic mass is 16.2. The van der Waals surface area contributed by atoms with Crippen molar-refractivity contribution in [1.82, 2.24) is 37.2 Å². The lowest BCUT2D eigenvalue weighted by Crippen LogP contribution is -2.59. The van der Waals surface area contributed by atoms with Crippen molar-refractivity contribution in [1.29, 1.82) is 0 Å². The standard InChI is InChI=1S/C41H81N25O8/c1-22(67)21-60-30(69)24(9-3-15-54-36(42)43)62-32(71)26(11-5-17-56-38(46)47)64-34(73)28(13-7-19-58-40(50)51)66-35(74)29(14-8-20-59-41(52)53)65-33(72)27(12-6-18-57-39(48)49)63-31(70)25(61-23(2)68)10-4-16-55-37(44)45/h24-29H,3-21H2,1-2H3,(H,60,69)(H,61,68)(H,62,71)(H,63,70)(H,64,73)(H,65,72)(H,66,74)(H4,42,43,54)(H4,44,45,55)(H4,46,47,56)(H4,48,49,57)(H4,50,51,58)(H4,52,53,59)/t24-,25-,26-,27-,28-,29-/m0/s1. The zero-order valence-electron chi connectivity index (χ0n) is 42.3. The summed E-state index contributed by atoms with van der Waals surface area (Å²) in [5, 5.41) is 18.2. The van der Waals surface area contributed by atoms with E-state index in [0.29, 0.717) is 0 Å². The highest BCUT2D eigenvalue weighted by Gasteiger charge is 2.33. The van der Waals surface area contributed by atoms with Gasteiger partial charge in [0.2, 0.25) is 41.4 Å². The minimum absolute atomic E-state index is 0.00893. The van der Waals surface area contributed by atoms with E-state index < -0.39 is 77.6 Å². The molecular weight excluding hydrogens is 971 g/mol. The summed E-state index contributed by atoms with van der Waals surface area (Å²) >= 11 is 0. The van der Waals surface area contributed by atoms with Crippen LogP contribution in [0.3, 0.4) is 0 Å². The van der Waals surface area contributed by atoms with Gasteiger partial charge in [-0.2, -0.15) is 0 Å². The molecule has 0 aromatic heterocycles. The second kappa shape index (κ2) is 37.4. The van der Waals surface area contributed by atoms with Crippen molar-refractivity contribution in [3.63, 3.8) is 0 Å². The number of nitrogens with two attached hydrogens (primary N) is 12. The molecule has 0 rings (SSSR count). The van der Waals surface area contributed by atoms with Gasteiger partial charge >= 0.3 is 0 Å². The topological polar surface area (TPSA) is 607 Å². The predicted octanol–water partition coefficient (Wildman–Crippen LogP) is -9.06. The maximum Gasteiger partial charge on any atom is 0.243 e. The van der Waals surface area contributed by atoms with Crippen molar-refractivity contribution in [3.8, 4) is 0 Å². The Kier molecular flexibility index (Phi) is 33.1. The highest BCUT2D eigenvalue weighted by Crippen LogP contribution is 2.10. The minimum atomic E-state index is -1.43. The van der Waals surface area contributed by atoms with Gasteiger partial charge in [0.15, 0.2) is 35.8 Å². The van der Waals surface area contributed by atoms with Gasteiger partial charge in [0.05, 0.1) is 6.54 Å². The average molecular weight is 1050 g/mol. The van der Waals surface area contributed by atoms with Crippen molar-refractivity contribution in [3.05, 3.63) is 0 Å². The van der Waals surface area contributed by atoms with Crippen LogP contribution < -0.4 is 106 Å². The van der Waals surface area contributed by atoms with Crippen LogP contribution in [0.5, 0.6) is 0 Å². The van der Waals surface area contributed by atoms with Crippen molar-refractivity contribution in [2.45, 2.75) is 127 Å². The molecule has 0 unspecified atom stereocenters. The molecule has 0 saturated heterocycles. The number of nitrogens with one attached hydrogen (secondary N) is 7. The summed E-state index contributed by atoms with van der Waals surface area (Å²) in [5.74, 6) is -7.09. The quantitative estimate of drug-likeness (QED) is 0.0155. The Bertz CT molecular complexity index is 2000. The van der Waals surface area contributed by atoms with Crippen LogP contribution in [0, 0.1) is 0 Å². The summed E-state index contributed by atoms with van der Waals surface area (Å²) in [6.45, 7) is 2.48. The fraction of sp³-hybridized carbons (Fsp3) is 0.659. The Morgan fingerprint density at radius 2 is 0.500 bits per heavy atom. The van der Waals surface area contributed by atoms with Gasteiger partial charge in [-0.3, -0.25) is 68.3 Å². The molecule has 0 aromatic rings. The SMILES string of the molecule is CC(=O)CNC(=O)[C@H](CCCN=C(N)N)NC(=O)[C@H](CCCN=C(N)N)NC(=O)[C@H](CCCN=C(N)N)NC(=O)[C@H](CCCN=C(N)N)NC(=O)[C@H](CCCN=C(N)N)NC(=O)[C@H](CCCN=C(N)N)NC(C)=O. The Morgan fingerprint density at radius 1 is 0.311 bits per heavy atom. The van der Waals surface area contributed by atoms with Crippen LogP contribution in [0.4, 0.5) is 0 Å². The van der Waals surface area contributed by atoms with Crippen molar-refractivity contribution >= 4 is 82.9 Å². The third kappa shape index (κ3) is 33.2. The number of ketones is 1. The minimum Gasteiger partial charge on any atom is -0.370 e. The first kappa shape index (κ1) is 65.6. The van der Waals surface area contributed by atoms with E-state index in [9.17, 15) is 38.4 Å². The number of aliphatic imine (C=N–C) groups is 6. The molecule has 74 heavy (non-hydrogen) atoms. The lowest BCUT2D eigenvalue weighted by molar-refractivity contribution is -0.135. The first-order valence-corrected chi connectivity index (χ1v) is 23.7. The second-order valence-electron chi connectivity index (χ2n) is 16.7. The number of carbonyl (C=O) groups excluding carboxylic acids is 8. The van der Waals surface area contributed by atoms with Gasteiger partial charge in [-0.05, 0) is 84.0 Å². The normalized spacial score (nSPS) is 12.9. The zero-order chi connectivity index (χ0) is 56.2. The fourth-order valence-corrected chi connectivity index (χ4v) is 6.58. The largest absolute Gasteiger partial charge is 0.370 e. The lowest BCUT2D eigenvalue weighted by Gasteiger charge is -2.28. The van der Waals surface area contributed by atoms with Crippen LogP contribution in [0.25, 0.3) is 0 Å². The molecule has 0 saturated carbocycles. The van der Waals surface area contributed by atoms with Crippen LogP contribution in [-0.2, 0) is 38.4 Å². The first-order valence-electron chi connectivity index (χ1n) is 23.7. The third-order valence-corrected chi connectivity index (χ3v) is 10.0. The molecule has 0 aliphatic rings. The van der Waals surface area contributed by atoms with Crippen molar-refractivity contribution < 1.29 is 38.4 Å². The molecule has 7 amide bonds. The van der Waals surface area contributed by atoms with Gasteiger partial charge in [-0.25, -0.2) is 0 Å². The first-order chi connectivity index (χ1) is 34.8. The number of rotatable bonds is 38. The van der Waals surface area contributed by atoms with E-state index in [1.165, 1.54) is 13.8 Å². The Balaban J connectivity index is 7.13. The van der Waals surface area contributed by atoms with E-state index in [2.05, 4.69) is 67.2 Å². The van der Waals surface area contributed by atoms with Gasteiger partial charge in [-0.1, -0.05) is 0 Å². The van der Waals surface area contributed by atoms with Crippen LogP contribution in [0.2, 0.25) is 0 Å². The highest BCUT2D eigenvalue weighted by molar-refractivity contribution is 5.97. The van der Waals surface area contributed by atoms with E-state index in [-0.39, 0.29) is 164 Å². The summed E-state index contributed by atoms with van der Waals surface area (Å²) in [6.07, 6.45) is 0.712. The summed E-state index contributed by atoms with van der Waals surface area (Å²) < 4.78 is 0. The molecule has 0 spiro atoms.